The van der Waals surface area contributed by atoms with Gasteiger partial charge >= 0.3 is 12.1 Å². The van der Waals surface area contributed by atoms with Crippen molar-refractivity contribution in [2.75, 3.05) is 17.7 Å². The summed E-state index contributed by atoms with van der Waals surface area (Å²) >= 11 is 7.69. The van der Waals surface area contributed by atoms with E-state index in [0.29, 0.717) is 29.2 Å². The van der Waals surface area contributed by atoms with E-state index in [1.165, 1.54) is 18.4 Å². The lowest BCUT2D eigenvalue weighted by molar-refractivity contribution is -0.151. The minimum Gasteiger partial charge on any atom is -0.469 e. The monoisotopic (exact) mass is 540 g/mol. The molecule has 1 aliphatic carbocycles. The number of anilines is 2. The van der Waals surface area contributed by atoms with E-state index in [-0.39, 0.29) is 11.9 Å². The number of nitrogens with one attached hydrogen (secondary N) is 2. The Hall–Kier alpha value is -3.36. The molecule has 9 heteroatoms. The first-order chi connectivity index (χ1) is 17.9. The van der Waals surface area contributed by atoms with Crippen LogP contribution >= 0.6 is 22.9 Å². The largest absolute Gasteiger partial charge is 0.469 e. The Morgan fingerprint density at radius 2 is 1.68 bits per heavy atom. The van der Waals surface area contributed by atoms with Crippen molar-refractivity contribution in [3.05, 3.63) is 70.6 Å². The molecule has 0 bridgehead atoms. The summed E-state index contributed by atoms with van der Waals surface area (Å²) in [5, 5.41) is 8.17. The first-order valence-electron chi connectivity index (χ1n) is 12.2. The Labute approximate surface area is 225 Å². The van der Waals surface area contributed by atoms with Crippen molar-refractivity contribution in [2.45, 2.75) is 38.7 Å². The van der Waals surface area contributed by atoms with Gasteiger partial charge in [0, 0.05) is 16.3 Å². The summed E-state index contributed by atoms with van der Waals surface area (Å²) in [5.74, 6) is -1.30. The van der Waals surface area contributed by atoms with Gasteiger partial charge in [0.05, 0.1) is 29.5 Å². The number of benzene rings is 2. The van der Waals surface area contributed by atoms with Gasteiger partial charge in [-0.05, 0) is 55.0 Å². The SMILES string of the molecule is COC(=O)C1CCCCC1C(=O)Nc1ccc(-c2sccc2NC(=O)OC(C)c2ccccc2Cl)cc1. The van der Waals surface area contributed by atoms with E-state index in [9.17, 15) is 14.4 Å². The summed E-state index contributed by atoms with van der Waals surface area (Å²) in [5.41, 5.74) is 2.88. The Morgan fingerprint density at radius 1 is 0.973 bits per heavy atom. The lowest BCUT2D eigenvalue weighted by Crippen LogP contribution is -2.36. The fourth-order valence-electron chi connectivity index (χ4n) is 4.62. The molecular formula is C28H29ClN2O5S. The van der Waals surface area contributed by atoms with Crippen LogP contribution in [0.25, 0.3) is 10.4 Å². The van der Waals surface area contributed by atoms with Crippen LogP contribution in [0.1, 0.15) is 44.3 Å². The van der Waals surface area contributed by atoms with Gasteiger partial charge in [-0.25, -0.2) is 4.79 Å². The van der Waals surface area contributed by atoms with Gasteiger partial charge in [-0.2, -0.15) is 0 Å². The van der Waals surface area contributed by atoms with Crippen LogP contribution in [0.5, 0.6) is 0 Å². The second-order valence-corrected chi connectivity index (χ2v) is 10.3. The maximum atomic E-state index is 12.9. The van der Waals surface area contributed by atoms with Crippen molar-refractivity contribution >= 4 is 52.3 Å². The molecule has 2 N–H and O–H groups in total. The zero-order valence-electron chi connectivity index (χ0n) is 20.7. The first kappa shape index (κ1) is 26.7. The van der Waals surface area contributed by atoms with Crippen LogP contribution in [0, 0.1) is 11.8 Å². The van der Waals surface area contributed by atoms with Crippen LogP contribution in [-0.2, 0) is 19.1 Å². The lowest BCUT2D eigenvalue weighted by atomic mass is 9.78. The molecule has 1 aliphatic rings. The van der Waals surface area contributed by atoms with Gasteiger partial charge in [-0.15, -0.1) is 11.3 Å². The number of hydrogen-bond acceptors (Lipinski definition) is 6. The fourth-order valence-corrected chi connectivity index (χ4v) is 5.77. The maximum Gasteiger partial charge on any atom is 0.412 e. The molecule has 2 aromatic carbocycles. The van der Waals surface area contributed by atoms with E-state index in [1.54, 1.807) is 13.0 Å². The highest BCUT2D eigenvalue weighted by Crippen LogP contribution is 2.36. The van der Waals surface area contributed by atoms with Gasteiger partial charge in [0.25, 0.3) is 0 Å². The van der Waals surface area contributed by atoms with Crippen LogP contribution in [-0.4, -0.2) is 25.1 Å². The molecular weight excluding hydrogens is 512 g/mol. The minimum absolute atomic E-state index is 0.170. The molecule has 7 nitrogen and oxygen atoms in total. The van der Waals surface area contributed by atoms with Gasteiger partial charge in [-0.3, -0.25) is 14.9 Å². The second-order valence-electron chi connectivity index (χ2n) is 8.94. The molecule has 194 valence electrons. The van der Waals surface area contributed by atoms with E-state index in [0.717, 1.165) is 28.8 Å². The molecule has 0 saturated heterocycles. The molecule has 1 aromatic heterocycles. The van der Waals surface area contributed by atoms with Crippen LogP contribution in [0.15, 0.2) is 60.0 Å². The summed E-state index contributed by atoms with van der Waals surface area (Å²) < 4.78 is 10.4. The summed E-state index contributed by atoms with van der Waals surface area (Å²) in [6.45, 7) is 1.77. The maximum absolute atomic E-state index is 12.9. The number of rotatable bonds is 7. The average Bonchev–Trinajstić information content (AvgIpc) is 3.36. The van der Waals surface area contributed by atoms with Gasteiger partial charge in [0.1, 0.15) is 6.10 Å². The quantitative estimate of drug-likeness (QED) is 0.307. The molecule has 0 aliphatic heterocycles. The number of halogens is 1. The summed E-state index contributed by atoms with van der Waals surface area (Å²) in [6, 6.07) is 16.4. The van der Waals surface area contributed by atoms with E-state index < -0.39 is 24.0 Å². The fraction of sp³-hybridized carbons (Fsp3) is 0.321. The van der Waals surface area contributed by atoms with Crippen molar-refractivity contribution in [3.63, 3.8) is 0 Å². The molecule has 1 saturated carbocycles. The second kappa shape index (κ2) is 12.3. The van der Waals surface area contributed by atoms with E-state index >= 15 is 0 Å². The minimum atomic E-state index is -0.580. The first-order valence-corrected chi connectivity index (χ1v) is 13.4. The molecule has 2 amide bonds. The standard InChI is InChI=1S/C28H29ClN2O5S/c1-17(20-7-5-6-10-23(20)29)36-28(34)31-24-15-16-37-25(24)18-11-13-19(14-12-18)30-26(32)21-8-3-4-9-22(21)27(33)35-2/h5-7,10-17,21-22H,3-4,8-9H2,1-2H3,(H,30,32)(H,31,34). The highest BCUT2D eigenvalue weighted by atomic mass is 35.5. The van der Waals surface area contributed by atoms with E-state index in [4.69, 9.17) is 21.1 Å². The number of carbonyl (C=O) groups excluding carboxylic acids is 3. The van der Waals surface area contributed by atoms with Crippen LogP contribution in [0.2, 0.25) is 5.02 Å². The number of carbonyl (C=O) groups is 3. The van der Waals surface area contributed by atoms with Crippen molar-refractivity contribution in [2.24, 2.45) is 11.8 Å². The molecule has 1 fully saturated rings. The number of hydrogen-bond donors (Lipinski definition) is 2. The highest BCUT2D eigenvalue weighted by Gasteiger charge is 2.36. The van der Waals surface area contributed by atoms with Gasteiger partial charge < -0.3 is 14.8 Å². The molecule has 3 unspecified atom stereocenters. The van der Waals surface area contributed by atoms with Gasteiger partial charge in [0.15, 0.2) is 0 Å². The third-order valence-electron chi connectivity index (χ3n) is 6.55. The zero-order chi connectivity index (χ0) is 26.4. The third-order valence-corrected chi connectivity index (χ3v) is 7.86. The summed E-state index contributed by atoms with van der Waals surface area (Å²) in [6.07, 6.45) is 2.07. The van der Waals surface area contributed by atoms with Crippen molar-refractivity contribution < 1.29 is 23.9 Å². The molecule has 1 heterocycles. The Balaban J connectivity index is 1.39. The third kappa shape index (κ3) is 6.50. The van der Waals surface area contributed by atoms with Crippen molar-refractivity contribution in [1.29, 1.82) is 0 Å². The summed E-state index contributed by atoms with van der Waals surface area (Å²) in [4.78, 5) is 38.4. The Morgan fingerprint density at radius 3 is 2.38 bits per heavy atom. The predicted octanol–water partition coefficient (Wildman–Crippen LogP) is 7.30. The van der Waals surface area contributed by atoms with Gasteiger partial charge in [0.2, 0.25) is 5.91 Å². The topological polar surface area (TPSA) is 93.7 Å². The van der Waals surface area contributed by atoms with E-state index in [2.05, 4.69) is 10.6 Å². The molecule has 3 aromatic rings. The molecule has 4 rings (SSSR count). The number of amides is 2. The predicted molar refractivity (Wildman–Crippen MR) is 146 cm³/mol. The number of esters is 1. The molecule has 3 atom stereocenters. The van der Waals surface area contributed by atoms with E-state index in [1.807, 2.05) is 53.9 Å². The molecule has 37 heavy (non-hydrogen) atoms. The Bertz CT molecular complexity index is 1260. The number of methoxy groups -OCH3 is 1. The molecule has 0 radical (unpaired) electrons. The number of ether oxygens (including phenoxy) is 2. The lowest BCUT2D eigenvalue weighted by Gasteiger charge is -2.28. The molecule has 0 spiro atoms. The van der Waals surface area contributed by atoms with Crippen molar-refractivity contribution in [1.82, 2.24) is 0 Å². The average molecular weight is 541 g/mol. The number of thiophene rings is 1. The highest BCUT2D eigenvalue weighted by molar-refractivity contribution is 7.14. The van der Waals surface area contributed by atoms with Gasteiger partial charge in [-0.1, -0.05) is 54.8 Å². The van der Waals surface area contributed by atoms with Crippen molar-refractivity contribution in [3.8, 4) is 10.4 Å². The smallest absolute Gasteiger partial charge is 0.412 e. The zero-order valence-corrected chi connectivity index (χ0v) is 22.2. The van der Waals surface area contributed by atoms with Crippen LogP contribution in [0.3, 0.4) is 0 Å². The van der Waals surface area contributed by atoms with Crippen LogP contribution in [0.4, 0.5) is 16.2 Å². The normalized spacial score (nSPS) is 17.9. The summed E-state index contributed by atoms with van der Waals surface area (Å²) in [7, 11) is 1.36. The van der Waals surface area contributed by atoms with Crippen LogP contribution < -0.4 is 10.6 Å². The Kier molecular flexibility index (Phi) is 8.84.